The number of rotatable bonds is 2. The summed E-state index contributed by atoms with van der Waals surface area (Å²) in [5, 5.41) is 0. The average molecular weight is 370 g/mol. The topological polar surface area (TPSA) is 38.1 Å². The molecule has 0 bridgehead atoms. The molecule has 0 saturated carbocycles. The van der Waals surface area contributed by atoms with E-state index in [2.05, 4.69) is 26.6 Å². The van der Waals surface area contributed by atoms with Crippen molar-refractivity contribution in [2.75, 3.05) is 11.4 Å². The first-order chi connectivity index (χ1) is 11.1. The molecule has 1 aliphatic rings. The molecule has 2 aromatic carbocycles. The summed E-state index contributed by atoms with van der Waals surface area (Å²) in [5.74, 6) is 1.25. The van der Waals surface area contributed by atoms with E-state index >= 15 is 0 Å². The number of aromatic nitrogens is 2. The van der Waals surface area contributed by atoms with Crippen LogP contribution in [-0.2, 0) is 11.8 Å². The van der Waals surface area contributed by atoms with Crippen LogP contribution in [0, 0.1) is 0 Å². The predicted octanol–water partition coefficient (Wildman–Crippen LogP) is 3.86. The molecule has 4 rings (SSSR count). The number of halogens is 1. The van der Waals surface area contributed by atoms with Crippen LogP contribution in [0.15, 0.2) is 53.0 Å². The number of anilines is 1. The molecule has 1 aliphatic heterocycles. The van der Waals surface area contributed by atoms with Gasteiger partial charge in [-0.25, -0.2) is 4.98 Å². The van der Waals surface area contributed by atoms with E-state index in [1.54, 1.807) is 0 Å². The van der Waals surface area contributed by atoms with Crippen LogP contribution in [0.3, 0.4) is 0 Å². The molecule has 0 spiro atoms. The Morgan fingerprint density at radius 3 is 2.65 bits per heavy atom. The molecule has 3 aromatic rings. The molecule has 1 atom stereocenters. The summed E-state index contributed by atoms with van der Waals surface area (Å²) >= 11 is 3.54. The quantitative estimate of drug-likeness (QED) is 0.687. The second-order valence-electron chi connectivity index (χ2n) is 5.87. The van der Waals surface area contributed by atoms with E-state index in [1.165, 1.54) is 0 Å². The Bertz CT molecular complexity index is 902. The number of hydrogen-bond acceptors (Lipinski definition) is 2. The summed E-state index contributed by atoms with van der Waals surface area (Å²) in [5.41, 5.74) is 3.02. The lowest BCUT2D eigenvalue weighted by atomic mass is 10.1. The molecule has 0 aliphatic carbocycles. The highest BCUT2D eigenvalue weighted by Gasteiger charge is 2.34. The lowest BCUT2D eigenvalue weighted by Gasteiger charge is -2.18. The number of benzene rings is 2. The van der Waals surface area contributed by atoms with Crippen LogP contribution in [0.25, 0.3) is 11.0 Å². The summed E-state index contributed by atoms with van der Waals surface area (Å²) in [6.45, 7) is 0.665. The number of carbonyl (C=O) groups is 1. The summed E-state index contributed by atoms with van der Waals surface area (Å²) in [6.07, 6.45) is 0.499. The standard InChI is InChI=1S/C18H16BrN3O/c1-21-16-9-5-3-7-14(16)20-18(21)12-10-17(23)22(11-12)15-8-4-2-6-13(15)19/h2-9,12H,10-11H2,1H3/t12-/m1/s1. The average Bonchev–Trinajstić information content (AvgIpc) is 3.09. The molecule has 23 heavy (non-hydrogen) atoms. The first kappa shape index (κ1) is 14.5. The first-order valence-electron chi connectivity index (χ1n) is 7.61. The zero-order chi connectivity index (χ0) is 16.0. The molecule has 4 nitrogen and oxygen atoms in total. The van der Waals surface area contributed by atoms with Crippen LogP contribution >= 0.6 is 15.9 Å². The number of fused-ring (bicyclic) bond motifs is 1. The summed E-state index contributed by atoms with van der Waals surface area (Å²) in [7, 11) is 2.02. The third kappa shape index (κ3) is 2.36. The molecule has 0 N–H and O–H groups in total. The van der Waals surface area contributed by atoms with Crippen molar-refractivity contribution < 1.29 is 4.79 Å². The van der Waals surface area contributed by atoms with E-state index in [0.717, 1.165) is 27.0 Å². The Morgan fingerprint density at radius 2 is 1.87 bits per heavy atom. The maximum absolute atomic E-state index is 12.5. The number of hydrogen-bond donors (Lipinski definition) is 0. The summed E-state index contributed by atoms with van der Waals surface area (Å²) in [6, 6.07) is 15.9. The first-order valence-corrected chi connectivity index (χ1v) is 8.40. The fraction of sp³-hybridized carbons (Fsp3) is 0.222. The Kier molecular flexibility index (Phi) is 3.45. The van der Waals surface area contributed by atoms with Crippen molar-refractivity contribution in [1.29, 1.82) is 0 Å². The van der Waals surface area contributed by atoms with Gasteiger partial charge in [0, 0.05) is 30.4 Å². The van der Waals surface area contributed by atoms with Gasteiger partial charge < -0.3 is 9.47 Å². The molecular weight excluding hydrogens is 354 g/mol. The van der Waals surface area contributed by atoms with E-state index < -0.39 is 0 Å². The van der Waals surface area contributed by atoms with Gasteiger partial charge in [0.05, 0.1) is 16.7 Å². The fourth-order valence-electron chi connectivity index (χ4n) is 3.31. The van der Waals surface area contributed by atoms with Crippen molar-refractivity contribution in [3.63, 3.8) is 0 Å². The summed E-state index contributed by atoms with van der Waals surface area (Å²) in [4.78, 5) is 19.1. The van der Waals surface area contributed by atoms with Gasteiger partial charge in [0.15, 0.2) is 0 Å². The van der Waals surface area contributed by atoms with Crippen molar-refractivity contribution in [3.8, 4) is 0 Å². The number of aryl methyl sites for hydroxylation is 1. The normalized spacial score (nSPS) is 18.1. The van der Waals surface area contributed by atoms with Gasteiger partial charge in [-0.2, -0.15) is 0 Å². The molecule has 1 fully saturated rings. The number of imidazole rings is 1. The Morgan fingerprint density at radius 1 is 1.13 bits per heavy atom. The van der Waals surface area contributed by atoms with Gasteiger partial charge in [0.1, 0.15) is 5.82 Å². The third-order valence-corrected chi connectivity index (χ3v) is 5.13. The molecular formula is C18H16BrN3O. The number of para-hydroxylation sites is 3. The SMILES string of the molecule is Cn1c([C@@H]2CC(=O)N(c3ccccc3Br)C2)nc2ccccc21. The highest BCUT2D eigenvalue weighted by molar-refractivity contribution is 9.10. The largest absolute Gasteiger partial charge is 0.331 e. The van der Waals surface area contributed by atoms with E-state index in [-0.39, 0.29) is 11.8 Å². The minimum atomic E-state index is 0.118. The van der Waals surface area contributed by atoms with Gasteiger partial charge >= 0.3 is 0 Å². The van der Waals surface area contributed by atoms with Crippen LogP contribution in [0.1, 0.15) is 18.2 Å². The maximum Gasteiger partial charge on any atom is 0.227 e. The zero-order valence-electron chi connectivity index (χ0n) is 12.7. The van der Waals surface area contributed by atoms with Gasteiger partial charge in [0.2, 0.25) is 5.91 Å². The fourth-order valence-corrected chi connectivity index (χ4v) is 3.81. The summed E-state index contributed by atoms with van der Waals surface area (Å²) < 4.78 is 3.05. The highest BCUT2D eigenvalue weighted by Crippen LogP contribution is 2.35. The van der Waals surface area contributed by atoms with Crippen LogP contribution in [0.5, 0.6) is 0 Å². The molecule has 116 valence electrons. The van der Waals surface area contributed by atoms with Crippen molar-refractivity contribution in [1.82, 2.24) is 9.55 Å². The molecule has 1 saturated heterocycles. The molecule has 0 unspecified atom stereocenters. The van der Waals surface area contributed by atoms with E-state index in [4.69, 9.17) is 4.98 Å². The number of nitrogens with zero attached hydrogens (tertiary/aromatic N) is 3. The van der Waals surface area contributed by atoms with Crippen molar-refractivity contribution in [2.24, 2.45) is 7.05 Å². The van der Waals surface area contributed by atoms with E-state index in [9.17, 15) is 4.79 Å². The minimum absolute atomic E-state index is 0.118. The van der Waals surface area contributed by atoms with Gasteiger partial charge in [-0.05, 0) is 40.2 Å². The highest BCUT2D eigenvalue weighted by atomic mass is 79.9. The molecule has 2 heterocycles. The second kappa shape index (κ2) is 5.49. The van der Waals surface area contributed by atoms with Crippen LogP contribution in [0.4, 0.5) is 5.69 Å². The number of amides is 1. The maximum atomic E-state index is 12.5. The molecule has 5 heteroatoms. The lowest BCUT2D eigenvalue weighted by molar-refractivity contribution is -0.117. The Hall–Kier alpha value is -2.14. The van der Waals surface area contributed by atoms with E-state index in [1.807, 2.05) is 54.4 Å². The molecule has 1 amide bonds. The van der Waals surface area contributed by atoms with E-state index in [0.29, 0.717) is 13.0 Å². The smallest absolute Gasteiger partial charge is 0.227 e. The van der Waals surface area contributed by atoms with Crippen molar-refractivity contribution >= 4 is 38.6 Å². The van der Waals surface area contributed by atoms with Crippen molar-refractivity contribution in [2.45, 2.75) is 12.3 Å². The van der Waals surface area contributed by atoms with Gasteiger partial charge in [-0.1, -0.05) is 24.3 Å². The van der Waals surface area contributed by atoms with Crippen LogP contribution < -0.4 is 4.90 Å². The monoisotopic (exact) mass is 369 g/mol. The van der Waals surface area contributed by atoms with Gasteiger partial charge in [-0.3, -0.25) is 4.79 Å². The molecule has 1 aromatic heterocycles. The number of carbonyl (C=O) groups excluding carboxylic acids is 1. The lowest BCUT2D eigenvalue weighted by Crippen LogP contribution is -2.24. The Labute approximate surface area is 142 Å². The third-order valence-electron chi connectivity index (χ3n) is 4.46. The second-order valence-corrected chi connectivity index (χ2v) is 6.73. The van der Waals surface area contributed by atoms with Gasteiger partial charge in [-0.15, -0.1) is 0 Å². The van der Waals surface area contributed by atoms with Crippen LogP contribution in [-0.4, -0.2) is 22.0 Å². The van der Waals surface area contributed by atoms with Gasteiger partial charge in [0.25, 0.3) is 0 Å². The predicted molar refractivity (Wildman–Crippen MR) is 94.6 cm³/mol. The van der Waals surface area contributed by atoms with Crippen LogP contribution in [0.2, 0.25) is 0 Å². The zero-order valence-corrected chi connectivity index (χ0v) is 14.3. The Balaban J connectivity index is 1.70. The molecule has 0 radical (unpaired) electrons. The minimum Gasteiger partial charge on any atom is -0.331 e. The van der Waals surface area contributed by atoms with Crippen molar-refractivity contribution in [3.05, 3.63) is 58.8 Å².